The Morgan fingerprint density at radius 3 is 2.61 bits per heavy atom. The number of para-hydroxylation sites is 1. The number of nitrogens with zero attached hydrogens (tertiary/aromatic N) is 1. The summed E-state index contributed by atoms with van der Waals surface area (Å²) in [5, 5.41) is 10.9. The summed E-state index contributed by atoms with van der Waals surface area (Å²) in [5.74, 6) is -0.406. The molecule has 0 bridgehead atoms. The number of benzene rings is 2. The molecule has 0 amide bonds. The monoisotopic (exact) mass is 397 g/mol. The van der Waals surface area contributed by atoms with Crippen LogP contribution in [0.3, 0.4) is 0 Å². The minimum Gasteiger partial charge on any atom is -0.481 e. The number of aliphatic carboxylic acids is 1. The molecule has 5 heteroatoms. The van der Waals surface area contributed by atoms with Crippen LogP contribution in [0.4, 0.5) is 0 Å². The summed E-state index contributed by atoms with van der Waals surface area (Å²) in [7, 11) is 0. The maximum absolute atomic E-state index is 11.1. The van der Waals surface area contributed by atoms with Gasteiger partial charge in [0, 0.05) is 16.5 Å². The molecule has 0 saturated carbocycles. The van der Waals surface area contributed by atoms with Crippen molar-refractivity contribution in [2.24, 2.45) is 5.92 Å². The first-order valence-corrected chi connectivity index (χ1v) is 9.97. The van der Waals surface area contributed by atoms with Crippen molar-refractivity contribution in [3.05, 3.63) is 59.6 Å². The number of unbranched alkanes of at least 4 members (excludes halogenated alkanes) is 1. The third kappa shape index (κ3) is 5.02. The predicted octanol–water partition coefficient (Wildman–Crippen LogP) is 6.22. The molecule has 1 aromatic heterocycles. The quantitative estimate of drug-likeness (QED) is 0.435. The molecule has 1 atom stereocenters. The van der Waals surface area contributed by atoms with Gasteiger partial charge in [-0.1, -0.05) is 48.9 Å². The lowest BCUT2D eigenvalue weighted by molar-refractivity contribution is -0.142. The van der Waals surface area contributed by atoms with Crippen LogP contribution in [-0.4, -0.2) is 22.7 Å². The van der Waals surface area contributed by atoms with E-state index in [1.807, 2.05) is 61.5 Å². The van der Waals surface area contributed by atoms with Gasteiger partial charge in [0.25, 0.3) is 0 Å². The highest BCUT2D eigenvalue weighted by Gasteiger charge is 2.14. The van der Waals surface area contributed by atoms with Crippen molar-refractivity contribution in [1.29, 1.82) is 0 Å². The number of halogens is 1. The van der Waals surface area contributed by atoms with Gasteiger partial charge in [0.1, 0.15) is 0 Å². The Labute approximate surface area is 170 Å². The molecular formula is C23H24ClNO3. The zero-order chi connectivity index (χ0) is 19.9. The maximum Gasteiger partial charge on any atom is 0.306 e. The molecule has 3 rings (SSSR count). The molecule has 2 aromatic carbocycles. The molecule has 0 radical (unpaired) electrons. The first-order chi connectivity index (χ1) is 13.6. The number of rotatable bonds is 9. The van der Waals surface area contributed by atoms with Crippen LogP contribution >= 0.6 is 11.6 Å². The SMILES string of the molecule is CCC(CCCCOc1cc(-c2ccc(Cl)cc2)c2ccccc2n1)C(=O)O. The van der Waals surface area contributed by atoms with Crippen LogP contribution in [0.25, 0.3) is 22.0 Å². The largest absolute Gasteiger partial charge is 0.481 e. The molecule has 28 heavy (non-hydrogen) atoms. The van der Waals surface area contributed by atoms with Crippen LogP contribution in [0.2, 0.25) is 5.02 Å². The standard InChI is InChI=1S/C23H24ClNO3/c1-2-16(23(26)27)7-5-6-14-28-22-15-20(17-10-12-18(24)13-11-17)19-8-3-4-9-21(19)25-22/h3-4,8-13,15-16H,2,5-7,14H2,1H3,(H,26,27). The van der Waals surface area contributed by atoms with E-state index in [0.717, 1.165) is 34.9 Å². The van der Waals surface area contributed by atoms with Crippen LogP contribution < -0.4 is 4.74 Å². The van der Waals surface area contributed by atoms with Crippen molar-refractivity contribution >= 4 is 28.5 Å². The van der Waals surface area contributed by atoms with Gasteiger partial charge in [0.05, 0.1) is 18.0 Å². The van der Waals surface area contributed by atoms with E-state index in [1.165, 1.54) is 0 Å². The molecule has 1 heterocycles. The Hall–Kier alpha value is -2.59. The maximum atomic E-state index is 11.1. The first-order valence-electron chi connectivity index (χ1n) is 9.60. The topological polar surface area (TPSA) is 59.4 Å². The van der Waals surface area contributed by atoms with Gasteiger partial charge in [-0.3, -0.25) is 4.79 Å². The second kappa shape index (κ2) is 9.56. The number of aromatic nitrogens is 1. The number of fused-ring (bicyclic) bond motifs is 1. The zero-order valence-corrected chi connectivity index (χ0v) is 16.7. The van der Waals surface area contributed by atoms with Crippen molar-refractivity contribution in [3.63, 3.8) is 0 Å². The van der Waals surface area contributed by atoms with Crippen molar-refractivity contribution in [2.75, 3.05) is 6.61 Å². The summed E-state index contributed by atoms with van der Waals surface area (Å²) in [6.45, 7) is 2.42. The van der Waals surface area contributed by atoms with E-state index < -0.39 is 5.97 Å². The van der Waals surface area contributed by atoms with Gasteiger partial charge < -0.3 is 9.84 Å². The third-order valence-electron chi connectivity index (χ3n) is 4.89. The van der Waals surface area contributed by atoms with Crippen molar-refractivity contribution < 1.29 is 14.6 Å². The predicted molar refractivity (Wildman–Crippen MR) is 113 cm³/mol. The number of hydrogen-bond donors (Lipinski definition) is 1. The summed E-state index contributed by atoms with van der Waals surface area (Å²) in [6, 6.07) is 17.7. The van der Waals surface area contributed by atoms with Gasteiger partial charge in [0.15, 0.2) is 0 Å². The van der Waals surface area contributed by atoms with E-state index in [9.17, 15) is 4.79 Å². The second-order valence-corrected chi connectivity index (χ2v) is 7.26. The number of carboxylic acids is 1. The van der Waals surface area contributed by atoms with Crippen molar-refractivity contribution in [1.82, 2.24) is 4.98 Å². The van der Waals surface area contributed by atoms with Crippen LogP contribution in [0, 0.1) is 5.92 Å². The molecule has 0 aliphatic rings. The van der Waals surface area contributed by atoms with Gasteiger partial charge in [-0.2, -0.15) is 0 Å². The Bertz CT molecular complexity index is 940. The van der Waals surface area contributed by atoms with E-state index in [1.54, 1.807) is 0 Å². The lowest BCUT2D eigenvalue weighted by atomic mass is 10.00. The average molecular weight is 398 g/mol. The summed E-state index contributed by atoms with van der Waals surface area (Å²) in [6.07, 6.45) is 2.96. The first kappa shape index (κ1) is 20.2. The second-order valence-electron chi connectivity index (χ2n) is 6.82. The van der Waals surface area contributed by atoms with Crippen LogP contribution in [0.15, 0.2) is 54.6 Å². The Kier molecular flexibility index (Phi) is 6.88. The van der Waals surface area contributed by atoms with E-state index in [-0.39, 0.29) is 5.92 Å². The third-order valence-corrected chi connectivity index (χ3v) is 5.14. The molecule has 0 aliphatic heterocycles. The Balaban J connectivity index is 1.72. The highest BCUT2D eigenvalue weighted by atomic mass is 35.5. The molecular weight excluding hydrogens is 374 g/mol. The fourth-order valence-corrected chi connectivity index (χ4v) is 3.39. The van der Waals surface area contributed by atoms with Crippen LogP contribution in [-0.2, 0) is 4.79 Å². The fourth-order valence-electron chi connectivity index (χ4n) is 3.27. The number of ether oxygens (including phenoxy) is 1. The highest BCUT2D eigenvalue weighted by molar-refractivity contribution is 6.30. The Morgan fingerprint density at radius 2 is 1.89 bits per heavy atom. The molecule has 1 unspecified atom stereocenters. The van der Waals surface area contributed by atoms with E-state index in [2.05, 4.69) is 4.98 Å². The number of carboxylic acid groups (broad SMARTS) is 1. The van der Waals surface area contributed by atoms with Crippen molar-refractivity contribution in [3.8, 4) is 17.0 Å². The molecule has 3 aromatic rings. The summed E-state index contributed by atoms with van der Waals surface area (Å²) in [5.41, 5.74) is 2.98. The summed E-state index contributed by atoms with van der Waals surface area (Å²) >= 11 is 6.03. The van der Waals surface area contributed by atoms with E-state index in [0.29, 0.717) is 30.4 Å². The number of carbonyl (C=O) groups is 1. The molecule has 1 N–H and O–H groups in total. The number of hydrogen-bond acceptors (Lipinski definition) is 3. The minimum absolute atomic E-state index is 0.268. The molecule has 0 fully saturated rings. The summed E-state index contributed by atoms with van der Waals surface area (Å²) < 4.78 is 5.89. The van der Waals surface area contributed by atoms with Crippen LogP contribution in [0.1, 0.15) is 32.6 Å². The normalized spacial score (nSPS) is 12.1. The number of pyridine rings is 1. The smallest absolute Gasteiger partial charge is 0.306 e. The Morgan fingerprint density at radius 1 is 1.14 bits per heavy atom. The van der Waals surface area contributed by atoms with Crippen LogP contribution in [0.5, 0.6) is 5.88 Å². The zero-order valence-electron chi connectivity index (χ0n) is 15.9. The average Bonchev–Trinajstić information content (AvgIpc) is 2.70. The fraction of sp³-hybridized carbons (Fsp3) is 0.304. The van der Waals surface area contributed by atoms with Gasteiger partial charge in [-0.25, -0.2) is 4.98 Å². The van der Waals surface area contributed by atoms with Crippen molar-refractivity contribution in [2.45, 2.75) is 32.6 Å². The lowest BCUT2D eigenvalue weighted by Gasteiger charge is -2.12. The molecule has 0 spiro atoms. The summed E-state index contributed by atoms with van der Waals surface area (Å²) in [4.78, 5) is 15.7. The molecule has 0 aliphatic carbocycles. The molecule has 4 nitrogen and oxygen atoms in total. The van der Waals surface area contributed by atoms with E-state index >= 15 is 0 Å². The van der Waals surface area contributed by atoms with Gasteiger partial charge >= 0.3 is 5.97 Å². The van der Waals surface area contributed by atoms with E-state index in [4.69, 9.17) is 21.4 Å². The minimum atomic E-state index is -0.716. The van der Waals surface area contributed by atoms with Gasteiger partial charge in [-0.05, 0) is 55.0 Å². The molecule has 146 valence electrons. The van der Waals surface area contributed by atoms with Gasteiger partial charge in [0.2, 0.25) is 5.88 Å². The highest BCUT2D eigenvalue weighted by Crippen LogP contribution is 2.31. The molecule has 0 saturated heterocycles. The van der Waals surface area contributed by atoms with Gasteiger partial charge in [-0.15, -0.1) is 0 Å². The lowest BCUT2D eigenvalue weighted by Crippen LogP contribution is -2.12.